The number of aliphatic hydroxyl groups excluding tert-OH is 1. The van der Waals surface area contributed by atoms with Gasteiger partial charge in [-0.3, -0.25) is 14.4 Å². The molecule has 0 atom stereocenters. The predicted molar refractivity (Wildman–Crippen MR) is 146 cm³/mol. The van der Waals surface area contributed by atoms with Crippen LogP contribution in [-0.4, -0.2) is 41.0 Å². The summed E-state index contributed by atoms with van der Waals surface area (Å²) < 4.78 is 5.23. The van der Waals surface area contributed by atoms with Gasteiger partial charge in [0.25, 0.3) is 0 Å². The Morgan fingerprint density at radius 3 is 1.50 bits per heavy atom. The van der Waals surface area contributed by atoms with Crippen LogP contribution in [0.15, 0.2) is 109 Å². The molecule has 4 rings (SSSR count). The molecule has 0 bridgehead atoms. The van der Waals surface area contributed by atoms with E-state index < -0.39 is 5.97 Å². The zero-order valence-corrected chi connectivity index (χ0v) is 21.0. The Morgan fingerprint density at radius 1 is 0.605 bits per heavy atom. The van der Waals surface area contributed by atoms with Gasteiger partial charge in [0, 0.05) is 28.7 Å². The van der Waals surface area contributed by atoms with Gasteiger partial charge in [0.1, 0.15) is 12.4 Å². The smallest absolute Gasteiger partial charge is 0.303 e. The Hall–Kier alpha value is -4.55. The molecule has 0 amide bonds. The van der Waals surface area contributed by atoms with Crippen molar-refractivity contribution in [3.63, 3.8) is 0 Å². The molecule has 6 heteroatoms. The highest BCUT2D eigenvalue weighted by Crippen LogP contribution is 2.15. The first-order valence-electron chi connectivity index (χ1n) is 12.3. The van der Waals surface area contributed by atoms with E-state index in [2.05, 4.69) is 0 Å². The van der Waals surface area contributed by atoms with Crippen molar-refractivity contribution in [1.82, 2.24) is 0 Å². The van der Waals surface area contributed by atoms with E-state index in [9.17, 15) is 14.4 Å². The van der Waals surface area contributed by atoms with Crippen LogP contribution in [0, 0.1) is 0 Å². The molecule has 0 spiro atoms. The van der Waals surface area contributed by atoms with E-state index in [0.29, 0.717) is 40.8 Å². The lowest BCUT2D eigenvalue weighted by Crippen LogP contribution is -2.03. The Balaban J connectivity index is 0.000000212. The summed E-state index contributed by atoms with van der Waals surface area (Å²) in [6.07, 6.45) is 1.50. The normalized spacial score (nSPS) is 10.1. The first-order valence-corrected chi connectivity index (χ1v) is 12.3. The molecule has 0 fully saturated rings. The van der Waals surface area contributed by atoms with Crippen molar-refractivity contribution < 1.29 is 29.3 Å². The molecule has 0 saturated carbocycles. The van der Waals surface area contributed by atoms with Crippen molar-refractivity contribution in [2.75, 3.05) is 13.2 Å². The molecular formula is C32H30O6. The zero-order chi connectivity index (χ0) is 27.2. The molecule has 194 valence electrons. The van der Waals surface area contributed by atoms with Crippen LogP contribution < -0.4 is 4.74 Å². The number of aryl methyl sites for hydroxylation is 1. The van der Waals surface area contributed by atoms with Gasteiger partial charge in [0.15, 0.2) is 11.6 Å². The minimum Gasteiger partial charge on any atom is -0.491 e. The standard InChI is InChI=1S/C17H16O3.C15H14O3/c18-16(19)8-4-5-13-9-11-15(12-10-13)17(20)14-6-2-1-3-7-14;16-10-11-18-14-8-6-13(7-9-14)15(17)12-4-2-1-3-5-12/h1-3,6-7,9-12H,4-5,8H2,(H,18,19);1-9,16H,10-11H2. The second-order valence-corrected chi connectivity index (χ2v) is 8.43. The number of benzene rings is 4. The van der Waals surface area contributed by atoms with Crippen molar-refractivity contribution in [1.29, 1.82) is 0 Å². The van der Waals surface area contributed by atoms with E-state index >= 15 is 0 Å². The van der Waals surface area contributed by atoms with Gasteiger partial charge in [-0.15, -0.1) is 0 Å². The summed E-state index contributed by atoms with van der Waals surface area (Å²) >= 11 is 0. The van der Waals surface area contributed by atoms with Gasteiger partial charge in [-0.25, -0.2) is 0 Å². The number of carboxylic acid groups (broad SMARTS) is 1. The number of ketones is 2. The molecule has 0 unspecified atom stereocenters. The highest BCUT2D eigenvalue weighted by Gasteiger charge is 2.09. The van der Waals surface area contributed by atoms with Gasteiger partial charge in [0.05, 0.1) is 6.61 Å². The van der Waals surface area contributed by atoms with Crippen molar-refractivity contribution in [2.24, 2.45) is 0 Å². The van der Waals surface area contributed by atoms with Crippen molar-refractivity contribution in [3.05, 3.63) is 137 Å². The first-order chi connectivity index (χ1) is 18.5. The topological polar surface area (TPSA) is 101 Å². The maximum atomic E-state index is 12.2. The maximum Gasteiger partial charge on any atom is 0.303 e. The summed E-state index contributed by atoms with van der Waals surface area (Å²) in [6, 6.07) is 32.6. The summed E-state index contributed by atoms with van der Waals surface area (Å²) in [7, 11) is 0. The molecule has 0 aromatic heterocycles. The lowest BCUT2D eigenvalue weighted by atomic mass is 10.0. The van der Waals surface area contributed by atoms with Gasteiger partial charge in [-0.1, -0.05) is 84.9 Å². The van der Waals surface area contributed by atoms with Crippen LogP contribution in [0.2, 0.25) is 0 Å². The van der Waals surface area contributed by atoms with E-state index in [0.717, 1.165) is 5.56 Å². The number of carbonyl (C=O) groups excluding carboxylic acids is 2. The Morgan fingerprint density at radius 2 is 1.05 bits per heavy atom. The molecular weight excluding hydrogens is 480 g/mol. The summed E-state index contributed by atoms with van der Waals surface area (Å²) in [6.45, 7) is 0.233. The molecule has 0 heterocycles. The Bertz CT molecular complexity index is 1300. The monoisotopic (exact) mass is 510 g/mol. The Labute approximate surface area is 222 Å². The largest absolute Gasteiger partial charge is 0.491 e. The highest BCUT2D eigenvalue weighted by atomic mass is 16.5. The van der Waals surface area contributed by atoms with Gasteiger partial charge >= 0.3 is 5.97 Å². The summed E-state index contributed by atoms with van der Waals surface area (Å²) in [4.78, 5) is 34.7. The third-order valence-corrected chi connectivity index (χ3v) is 5.62. The third kappa shape index (κ3) is 8.84. The molecule has 0 saturated heterocycles. The minimum atomic E-state index is -0.777. The number of hydrogen-bond acceptors (Lipinski definition) is 5. The molecule has 0 aliphatic heterocycles. The van der Waals surface area contributed by atoms with E-state index in [1.54, 1.807) is 60.7 Å². The van der Waals surface area contributed by atoms with Gasteiger partial charge in [0.2, 0.25) is 0 Å². The van der Waals surface area contributed by atoms with Crippen molar-refractivity contribution in [2.45, 2.75) is 19.3 Å². The zero-order valence-electron chi connectivity index (χ0n) is 21.0. The molecule has 0 aliphatic rings. The van der Waals surface area contributed by atoms with Crippen LogP contribution in [0.4, 0.5) is 0 Å². The molecule has 4 aromatic rings. The van der Waals surface area contributed by atoms with Gasteiger partial charge in [-0.05, 0) is 42.7 Å². The minimum absolute atomic E-state index is 0.00249. The number of ether oxygens (including phenoxy) is 1. The van der Waals surface area contributed by atoms with Crippen LogP contribution in [-0.2, 0) is 11.2 Å². The van der Waals surface area contributed by atoms with E-state index in [1.165, 1.54) is 0 Å². The van der Waals surface area contributed by atoms with Crippen LogP contribution in [0.5, 0.6) is 5.75 Å². The average Bonchev–Trinajstić information content (AvgIpc) is 2.97. The SMILES string of the molecule is O=C(O)CCCc1ccc(C(=O)c2ccccc2)cc1.O=C(c1ccccc1)c1ccc(OCCO)cc1. The van der Waals surface area contributed by atoms with Crippen molar-refractivity contribution >= 4 is 17.5 Å². The van der Waals surface area contributed by atoms with Crippen LogP contribution in [0.25, 0.3) is 0 Å². The molecule has 0 radical (unpaired) electrons. The fraction of sp³-hybridized carbons (Fsp3) is 0.156. The van der Waals surface area contributed by atoms with Crippen molar-refractivity contribution in [3.8, 4) is 5.75 Å². The molecule has 38 heavy (non-hydrogen) atoms. The number of carbonyl (C=O) groups is 3. The number of rotatable bonds is 11. The molecule has 2 N–H and O–H groups in total. The lowest BCUT2D eigenvalue weighted by molar-refractivity contribution is -0.137. The van der Waals surface area contributed by atoms with E-state index in [4.69, 9.17) is 14.9 Å². The van der Waals surface area contributed by atoms with Crippen LogP contribution in [0.1, 0.15) is 50.2 Å². The maximum absolute atomic E-state index is 12.2. The molecule has 0 aliphatic carbocycles. The molecule has 4 aromatic carbocycles. The number of aliphatic hydroxyl groups is 1. The van der Waals surface area contributed by atoms with Gasteiger partial charge in [-0.2, -0.15) is 0 Å². The average molecular weight is 511 g/mol. The number of hydrogen-bond donors (Lipinski definition) is 2. The fourth-order valence-electron chi connectivity index (χ4n) is 3.64. The second-order valence-electron chi connectivity index (χ2n) is 8.43. The number of carboxylic acids is 1. The van der Waals surface area contributed by atoms with E-state index in [-0.39, 0.29) is 31.2 Å². The number of aliphatic carboxylic acids is 1. The fourth-order valence-corrected chi connectivity index (χ4v) is 3.64. The predicted octanol–water partition coefficient (Wildman–Crippen LogP) is 5.61. The summed E-state index contributed by atoms with van der Waals surface area (Å²) in [5.74, 6) is -0.137. The summed E-state index contributed by atoms with van der Waals surface area (Å²) in [5, 5.41) is 17.2. The first kappa shape index (κ1) is 28.0. The van der Waals surface area contributed by atoms with Crippen LogP contribution in [0.3, 0.4) is 0 Å². The highest BCUT2D eigenvalue weighted by molar-refractivity contribution is 6.09. The lowest BCUT2D eigenvalue weighted by Gasteiger charge is -2.05. The van der Waals surface area contributed by atoms with E-state index in [1.807, 2.05) is 48.5 Å². The Kier molecular flexibility index (Phi) is 11.0. The third-order valence-electron chi connectivity index (χ3n) is 5.62. The second kappa shape index (κ2) is 14.9. The van der Waals surface area contributed by atoms with Crippen LogP contribution >= 0.6 is 0 Å². The quantitative estimate of drug-likeness (QED) is 0.254. The molecule has 6 nitrogen and oxygen atoms in total. The summed E-state index contributed by atoms with van der Waals surface area (Å²) in [5.41, 5.74) is 3.67. The van der Waals surface area contributed by atoms with Gasteiger partial charge < -0.3 is 14.9 Å².